The molecule has 19 heavy (non-hydrogen) atoms. The normalized spacial score (nSPS) is 8.79. The molecule has 0 saturated heterocycles. The number of hydrogen-bond donors (Lipinski definition) is 0. The number of carbonyl (C=O) groups excluding carboxylic acids is 1. The Kier molecular flexibility index (Phi) is 4.34. The Labute approximate surface area is 108 Å². The van der Waals surface area contributed by atoms with E-state index in [1.54, 1.807) is 12.1 Å². The van der Waals surface area contributed by atoms with Crippen LogP contribution in [0, 0.1) is 32.8 Å². The highest BCUT2D eigenvalue weighted by molar-refractivity contribution is 5.98. The molecule has 0 N–H and O–H groups in total. The molecule has 0 saturated carbocycles. The van der Waals surface area contributed by atoms with Gasteiger partial charge in [0.2, 0.25) is 0 Å². The van der Waals surface area contributed by atoms with Gasteiger partial charge in [-0.05, 0) is 11.6 Å². The maximum atomic E-state index is 11.6. The van der Waals surface area contributed by atoms with E-state index in [-0.39, 0.29) is 16.7 Å². The van der Waals surface area contributed by atoms with Gasteiger partial charge in [0.15, 0.2) is 0 Å². The first-order valence-corrected chi connectivity index (χ1v) is 4.92. The molecule has 0 aliphatic heterocycles. The molecular formula is C12H7N3O4. The number of carbonyl (C=O) groups is 1. The molecule has 0 amide bonds. The van der Waals surface area contributed by atoms with Gasteiger partial charge in [-0.25, -0.2) is 4.79 Å². The minimum atomic E-state index is -0.909. The molecule has 0 bridgehead atoms. The minimum Gasteiger partial charge on any atom is -0.465 e. The van der Waals surface area contributed by atoms with Gasteiger partial charge in [0.1, 0.15) is 23.3 Å². The van der Waals surface area contributed by atoms with Crippen LogP contribution >= 0.6 is 0 Å². The highest BCUT2D eigenvalue weighted by Crippen LogP contribution is 2.25. The SMILES string of the molecule is COC(=O)c1c(C=C(C#N)C#N)cccc1[N+](=O)[O-]. The van der Waals surface area contributed by atoms with Gasteiger partial charge in [0.25, 0.3) is 5.69 Å². The Bertz CT molecular complexity index is 634. The number of nitro benzene ring substituents is 1. The summed E-state index contributed by atoms with van der Waals surface area (Å²) in [6.45, 7) is 0. The molecule has 1 aromatic carbocycles. The van der Waals surface area contributed by atoms with E-state index >= 15 is 0 Å². The monoisotopic (exact) mass is 257 g/mol. The number of nitro groups is 1. The number of rotatable bonds is 3. The van der Waals surface area contributed by atoms with E-state index in [1.165, 1.54) is 12.1 Å². The molecule has 0 heterocycles. The molecule has 0 aliphatic rings. The smallest absolute Gasteiger partial charge is 0.345 e. The van der Waals surface area contributed by atoms with Gasteiger partial charge in [0.05, 0.1) is 12.0 Å². The molecule has 1 aromatic rings. The van der Waals surface area contributed by atoms with Crippen molar-refractivity contribution < 1.29 is 14.5 Å². The fraction of sp³-hybridized carbons (Fsp3) is 0.0833. The number of benzene rings is 1. The Morgan fingerprint density at radius 2 is 2.05 bits per heavy atom. The number of nitriles is 2. The zero-order chi connectivity index (χ0) is 14.4. The quantitative estimate of drug-likeness (QED) is 0.352. The van der Waals surface area contributed by atoms with Crippen molar-refractivity contribution in [1.82, 2.24) is 0 Å². The van der Waals surface area contributed by atoms with Crippen LogP contribution in [0.5, 0.6) is 0 Å². The summed E-state index contributed by atoms with van der Waals surface area (Å²) in [4.78, 5) is 21.7. The topological polar surface area (TPSA) is 117 Å². The number of esters is 1. The third-order valence-corrected chi connectivity index (χ3v) is 2.20. The van der Waals surface area contributed by atoms with Gasteiger partial charge in [-0.15, -0.1) is 0 Å². The lowest BCUT2D eigenvalue weighted by Gasteiger charge is -2.04. The molecule has 0 atom stereocenters. The zero-order valence-electron chi connectivity index (χ0n) is 9.78. The van der Waals surface area contributed by atoms with Crippen molar-refractivity contribution in [2.45, 2.75) is 0 Å². The Morgan fingerprint density at radius 3 is 2.53 bits per heavy atom. The van der Waals surface area contributed by atoms with Crippen molar-refractivity contribution in [3.05, 3.63) is 45.0 Å². The lowest BCUT2D eigenvalue weighted by molar-refractivity contribution is -0.385. The van der Waals surface area contributed by atoms with Crippen LogP contribution < -0.4 is 0 Å². The number of nitrogens with zero attached hydrogens (tertiary/aromatic N) is 3. The Balaban J connectivity index is 3.59. The predicted molar refractivity (Wildman–Crippen MR) is 63.6 cm³/mol. The summed E-state index contributed by atoms with van der Waals surface area (Å²) >= 11 is 0. The molecule has 0 spiro atoms. The van der Waals surface area contributed by atoms with E-state index in [4.69, 9.17) is 10.5 Å². The van der Waals surface area contributed by atoms with Gasteiger partial charge < -0.3 is 4.74 Å². The first-order chi connectivity index (χ1) is 9.04. The number of hydrogen-bond acceptors (Lipinski definition) is 6. The molecule has 7 nitrogen and oxygen atoms in total. The molecule has 0 aromatic heterocycles. The lowest BCUT2D eigenvalue weighted by atomic mass is 10.0. The predicted octanol–water partition coefficient (Wildman–Crippen LogP) is 1.81. The summed E-state index contributed by atoms with van der Waals surface area (Å²) < 4.78 is 4.48. The Hall–Kier alpha value is -3.19. The third-order valence-electron chi connectivity index (χ3n) is 2.20. The van der Waals surface area contributed by atoms with Crippen molar-refractivity contribution in [3.8, 4) is 12.1 Å². The van der Waals surface area contributed by atoms with Gasteiger partial charge in [-0.2, -0.15) is 10.5 Å². The van der Waals surface area contributed by atoms with Crippen molar-refractivity contribution in [2.24, 2.45) is 0 Å². The number of ether oxygens (including phenoxy) is 1. The Morgan fingerprint density at radius 1 is 1.42 bits per heavy atom. The second-order valence-corrected chi connectivity index (χ2v) is 3.27. The van der Waals surface area contributed by atoms with E-state index in [2.05, 4.69) is 4.74 Å². The standard InChI is InChI=1S/C12H7N3O4/c1-19-12(16)11-9(5-8(6-13)7-14)3-2-4-10(11)15(17)18/h2-5H,1H3. The number of allylic oxidation sites excluding steroid dienone is 1. The van der Waals surface area contributed by atoms with Crippen LogP contribution in [-0.4, -0.2) is 18.0 Å². The van der Waals surface area contributed by atoms with Gasteiger partial charge in [0, 0.05) is 6.07 Å². The number of methoxy groups -OCH3 is 1. The molecule has 0 radical (unpaired) electrons. The van der Waals surface area contributed by atoms with Gasteiger partial charge in [-0.1, -0.05) is 12.1 Å². The fourth-order valence-electron chi connectivity index (χ4n) is 1.40. The van der Waals surface area contributed by atoms with Crippen LogP contribution in [0.2, 0.25) is 0 Å². The molecule has 0 unspecified atom stereocenters. The summed E-state index contributed by atoms with van der Waals surface area (Å²) in [5, 5.41) is 28.2. The largest absolute Gasteiger partial charge is 0.465 e. The molecule has 94 valence electrons. The zero-order valence-corrected chi connectivity index (χ0v) is 9.78. The van der Waals surface area contributed by atoms with Crippen molar-refractivity contribution in [3.63, 3.8) is 0 Å². The highest BCUT2D eigenvalue weighted by Gasteiger charge is 2.23. The fourth-order valence-corrected chi connectivity index (χ4v) is 1.40. The van der Waals surface area contributed by atoms with E-state index < -0.39 is 16.6 Å². The first kappa shape index (κ1) is 13.9. The molecule has 1 rings (SSSR count). The van der Waals surface area contributed by atoms with Crippen molar-refractivity contribution >= 4 is 17.7 Å². The summed E-state index contributed by atoms with van der Waals surface area (Å²) in [7, 11) is 1.09. The van der Waals surface area contributed by atoms with Crippen LogP contribution in [0.15, 0.2) is 23.8 Å². The molecular weight excluding hydrogens is 250 g/mol. The summed E-state index contributed by atoms with van der Waals surface area (Å²) in [6.07, 6.45) is 1.10. The van der Waals surface area contributed by atoms with E-state index in [9.17, 15) is 14.9 Å². The molecule has 7 heteroatoms. The average Bonchev–Trinajstić information content (AvgIpc) is 2.43. The van der Waals surface area contributed by atoms with Crippen LogP contribution in [0.3, 0.4) is 0 Å². The van der Waals surface area contributed by atoms with Gasteiger partial charge in [-0.3, -0.25) is 10.1 Å². The molecule has 0 aliphatic carbocycles. The maximum absolute atomic E-state index is 11.6. The van der Waals surface area contributed by atoms with Crippen LogP contribution in [0.1, 0.15) is 15.9 Å². The second-order valence-electron chi connectivity index (χ2n) is 3.27. The maximum Gasteiger partial charge on any atom is 0.345 e. The summed E-state index contributed by atoms with van der Waals surface area (Å²) in [6, 6.07) is 7.10. The van der Waals surface area contributed by atoms with Gasteiger partial charge >= 0.3 is 5.97 Å². The van der Waals surface area contributed by atoms with E-state index in [0.29, 0.717) is 0 Å². The summed E-state index contributed by atoms with van der Waals surface area (Å²) in [5.41, 5.74) is -0.932. The van der Waals surface area contributed by atoms with Crippen LogP contribution in [0.25, 0.3) is 6.08 Å². The van der Waals surface area contributed by atoms with Crippen LogP contribution in [-0.2, 0) is 4.74 Å². The van der Waals surface area contributed by atoms with Crippen molar-refractivity contribution in [2.75, 3.05) is 7.11 Å². The first-order valence-electron chi connectivity index (χ1n) is 4.92. The highest BCUT2D eigenvalue weighted by atomic mass is 16.6. The average molecular weight is 257 g/mol. The molecule has 0 fully saturated rings. The summed E-state index contributed by atoms with van der Waals surface area (Å²) in [5.74, 6) is -0.909. The van der Waals surface area contributed by atoms with E-state index in [0.717, 1.165) is 19.3 Å². The minimum absolute atomic E-state index is 0.0825. The van der Waals surface area contributed by atoms with Crippen LogP contribution in [0.4, 0.5) is 5.69 Å². The van der Waals surface area contributed by atoms with E-state index in [1.807, 2.05) is 0 Å². The second kappa shape index (κ2) is 5.94. The lowest BCUT2D eigenvalue weighted by Crippen LogP contribution is -2.08. The third kappa shape index (κ3) is 2.93. The van der Waals surface area contributed by atoms with Crippen molar-refractivity contribution in [1.29, 1.82) is 10.5 Å².